The highest BCUT2D eigenvalue weighted by atomic mass is 35.5. The zero-order chi connectivity index (χ0) is 18.6. The largest absolute Gasteiger partial charge is 0.392 e. The Hall–Kier alpha value is -1.34. The quantitative estimate of drug-likeness (QED) is 0.777. The number of Topliss-reactive ketones (excluding diaryl/α,β-unsaturated/α-hetero) is 1. The third-order valence-corrected chi connectivity index (χ3v) is 7.84. The van der Waals surface area contributed by atoms with Crippen LogP contribution in [0.25, 0.3) is 0 Å². The van der Waals surface area contributed by atoms with Crippen molar-refractivity contribution in [1.82, 2.24) is 5.32 Å². The Morgan fingerprint density at radius 3 is 2.58 bits per heavy atom. The molecule has 26 heavy (non-hydrogen) atoms. The van der Waals surface area contributed by atoms with Gasteiger partial charge in [-0.15, -0.1) is 0 Å². The molecular weight excluding hydrogens is 397 g/mol. The summed E-state index contributed by atoms with van der Waals surface area (Å²) >= 11 is 12.3. The summed E-state index contributed by atoms with van der Waals surface area (Å²) in [7, 11) is -3.49. The second kappa shape index (κ2) is 6.37. The summed E-state index contributed by atoms with van der Waals surface area (Å²) in [6, 6.07) is 3.12. The summed E-state index contributed by atoms with van der Waals surface area (Å²) in [5, 5.41) is 13.6. The number of sulfone groups is 1. The van der Waals surface area contributed by atoms with E-state index in [0.29, 0.717) is 41.7 Å². The molecule has 3 aliphatic rings. The molecule has 2 N–H and O–H groups in total. The Morgan fingerprint density at radius 2 is 1.85 bits per heavy atom. The molecule has 1 aromatic rings. The molecule has 0 radical (unpaired) electrons. The van der Waals surface area contributed by atoms with Gasteiger partial charge in [-0.3, -0.25) is 4.79 Å². The van der Waals surface area contributed by atoms with Gasteiger partial charge in [0.2, 0.25) is 0 Å². The van der Waals surface area contributed by atoms with Crippen LogP contribution in [0.1, 0.15) is 42.7 Å². The molecule has 138 valence electrons. The van der Waals surface area contributed by atoms with Crippen LogP contribution in [0.5, 0.6) is 0 Å². The molecule has 0 spiro atoms. The van der Waals surface area contributed by atoms with E-state index in [1.807, 2.05) is 0 Å². The summed E-state index contributed by atoms with van der Waals surface area (Å²) in [6.45, 7) is -0.324. The number of halogens is 2. The number of aliphatic hydroxyl groups is 1. The van der Waals surface area contributed by atoms with Crippen LogP contribution in [0.2, 0.25) is 10.0 Å². The zero-order valence-electron chi connectivity index (χ0n) is 13.8. The number of allylic oxidation sites excluding steroid dienone is 4. The predicted octanol–water partition coefficient (Wildman–Crippen LogP) is 3.21. The predicted molar refractivity (Wildman–Crippen MR) is 99.6 cm³/mol. The monoisotopic (exact) mass is 413 g/mol. The van der Waals surface area contributed by atoms with Crippen LogP contribution in [0, 0.1) is 0 Å². The van der Waals surface area contributed by atoms with Crippen LogP contribution in [0.15, 0.2) is 34.0 Å². The van der Waals surface area contributed by atoms with E-state index in [0.717, 1.165) is 12.1 Å². The highest BCUT2D eigenvalue weighted by Crippen LogP contribution is 2.49. The smallest absolute Gasteiger partial charge is 0.177 e. The fraction of sp³-hybridized carbons (Fsp3) is 0.389. The van der Waals surface area contributed by atoms with Gasteiger partial charge < -0.3 is 10.4 Å². The number of carbonyl (C=O) groups excluding carboxylic acids is 1. The molecule has 1 aromatic carbocycles. The second-order valence-corrected chi connectivity index (χ2v) is 9.65. The normalized spacial score (nSPS) is 24.4. The van der Waals surface area contributed by atoms with Crippen LogP contribution in [-0.4, -0.2) is 25.1 Å². The number of carbonyl (C=O) groups is 1. The topological polar surface area (TPSA) is 83.5 Å². The van der Waals surface area contributed by atoms with Crippen LogP contribution in [-0.2, 0) is 21.2 Å². The van der Waals surface area contributed by atoms with Gasteiger partial charge in [0.25, 0.3) is 0 Å². The molecule has 5 nitrogen and oxygen atoms in total. The molecule has 0 aromatic heterocycles. The molecule has 2 heterocycles. The van der Waals surface area contributed by atoms with E-state index in [1.54, 1.807) is 6.07 Å². The lowest BCUT2D eigenvalue weighted by Crippen LogP contribution is -2.32. The maximum Gasteiger partial charge on any atom is 0.177 e. The number of ketones is 1. The van der Waals surface area contributed by atoms with Crippen molar-refractivity contribution >= 4 is 38.8 Å². The van der Waals surface area contributed by atoms with Crippen molar-refractivity contribution in [2.24, 2.45) is 0 Å². The summed E-state index contributed by atoms with van der Waals surface area (Å²) in [5.74, 6) is -0.781. The summed E-state index contributed by atoms with van der Waals surface area (Å²) in [5.41, 5.74) is 2.93. The molecule has 0 saturated heterocycles. The van der Waals surface area contributed by atoms with Gasteiger partial charge >= 0.3 is 0 Å². The van der Waals surface area contributed by atoms with Crippen molar-refractivity contribution in [2.45, 2.75) is 38.2 Å². The van der Waals surface area contributed by atoms with E-state index in [2.05, 4.69) is 5.32 Å². The van der Waals surface area contributed by atoms with Gasteiger partial charge in [0.1, 0.15) is 0 Å². The Bertz CT molecular complexity index is 995. The van der Waals surface area contributed by atoms with Crippen molar-refractivity contribution < 1.29 is 18.3 Å². The molecule has 1 atom stereocenters. The van der Waals surface area contributed by atoms with E-state index in [9.17, 15) is 18.3 Å². The first kappa shape index (κ1) is 18.0. The lowest BCUT2D eigenvalue weighted by atomic mass is 9.78. The lowest BCUT2D eigenvalue weighted by molar-refractivity contribution is -0.116. The summed E-state index contributed by atoms with van der Waals surface area (Å²) in [4.78, 5) is 13.0. The number of rotatable bonds is 2. The van der Waals surface area contributed by atoms with Gasteiger partial charge in [-0.2, -0.15) is 0 Å². The minimum atomic E-state index is -3.49. The summed E-state index contributed by atoms with van der Waals surface area (Å²) < 4.78 is 25.5. The number of benzene rings is 1. The van der Waals surface area contributed by atoms with Crippen molar-refractivity contribution in [2.75, 3.05) is 5.75 Å². The number of nitrogens with one attached hydrogen (secondary N) is 1. The zero-order valence-corrected chi connectivity index (χ0v) is 16.1. The number of dihydropyridines is 1. The average Bonchev–Trinajstić information content (AvgIpc) is 2.90. The minimum Gasteiger partial charge on any atom is -0.392 e. The number of hydrogen-bond donors (Lipinski definition) is 2. The molecule has 0 fully saturated rings. The standard InChI is InChI=1S/C18H17Cl2NO4S/c19-11-6-9(8-22)10(7-12(11)20)16-17-13(2-1-3-15(17)23)21-14-4-5-26(24,25)18(14)16/h6-7,16,21-22H,1-5,8H2/t16-/m0/s1. The van der Waals surface area contributed by atoms with Gasteiger partial charge in [0.05, 0.1) is 33.2 Å². The Balaban J connectivity index is 2.01. The van der Waals surface area contributed by atoms with Crippen molar-refractivity contribution in [3.05, 3.63) is 55.2 Å². The molecule has 4 rings (SSSR count). The van der Waals surface area contributed by atoms with Crippen LogP contribution in [0.4, 0.5) is 0 Å². The molecule has 2 aliphatic heterocycles. The first-order chi connectivity index (χ1) is 12.3. The van der Waals surface area contributed by atoms with Gasteiger partial charge in [-0.05, 0) is 36.1 Å². The van der Waals surface area contributed by atoms with E-state index >= 15 is 0 Å². The number of hydrogen-bond acceptors (Lipinski definition) is 5. The SMILES string of the molecule is O=C1CCCC2=C1[C@H](c1cc(Cl)c(Cl)cc1CO)C1=C(CCS1(=O)=O)N2. The third-order valence-electron chi connectivity index (χ3n) is 5.23. The van der Waals surface area contributed by atoms with Crippen LogP contribution >= 0.6 is 23.2 Å². The van der Waals surface area contributed by atoms with Crippen LogP contribution < -0.4 is 5.32 Å². The van der Waals surface area contributed by atoms with Crippen LogP contribution in [0.3, 0.4) is 0 Å². The van der Waals surface area contributed by atoms with E-state index < -0.39 is 15.8 Å². The molecular formula is C18H17Cl2NO4S. The molecule has 8 heteroatoms. The van der Waals surface area contributed by atoms with Crippen molar-refractivity contribution in [1.29, 1.82) is 0 Å². The Labute approximate surface area is 161 Å². The second-order valence-electron chi connectivity index (χ2n) is 6.76. The van der Waals surface area contributed by atoms with Gasteiger partial charge in [-0.25, -0.2) is 8.42 Å². The van der Waals surface area contributed by atoms with Crippen molar-refractivity contribution in [3.63, 3.8) is 0 Å². The van der Waals surface area contributed by atoms with E-state index in [1.165, 1.54) is 6.07 Å². The minimum absolute atomic E-state index is 0.0195. The Morgan fingerprint density at radius 1 is 1.12 bits per heavy atom. The summed E-state index contributed by atoms with van der Waals surface area (Å²) in [6.07, 6.45) is 2.22. The highest BCUT2D eigenvalue weighted by Gasteiger charge is 2.45. The third kappa shape index (κ3) is 2.71. The maximum atomic E-state index is 12.8. The average molecular weight is 414 g/mol. The molecule has 0 saturated carbocycles. The molecule has 1 aliphatic carbocycles. The molecule has 0 bridgehead atoms. The molecule has 0 amide bonds. The van der Waals surface area contributed by atoms with E-state index in [4.69, 9.17) is 23.2 Å². The van der Waals surface area contributed by atoms with E-state index in [-0.39, 0.29) is 33.1 Å². The fourth-order valence-corrected chi connectivity index (χ4v) is 6.27. The first-order valence-corrected chi connectivity index (χ1v) is 10.8. The maximum absolute atomic E-state index is 12.8. The van der Waals surface area contributed by atoms with Gasteiger partial charge in [0, 0.05) is 29.8 Å². The van der Waals surface area contributed by atoms with Gasteiger partial charge in [-0.1, -0.05) is 23.2 Å². The number of aliphatic hydroxyl groups excluding tert-OH is 1. The molecule has 0 unspecified atom stereocenters. The Kier molecular flexibility index (Phi) is 4.42. The lowest BCUT2D eigenvalue weighted by Gasteiger charge is -2.34. The first-order valence-electron chi connectivity index (χ1n) is 8.41. The van der Waals surface area contributed by atoms with Crippen molar-refractivity contribution in [3.8, 4) is 0 Å². The highest BCUT2D eigenvalue weighted by molar-refractivity contribution is 7.95. The van der Waals surface area contributed by atoms with Gasteiger partial charge in [0.15, 0.2) is 15.6 Å². The fourth-order valence-electron chi connectivity index (χ4n) is 4.08.